The summed E-state index contributed by atoms with van der Waals surface area (Å²) in [7, 11) is 1.61. The molecule has 1 aromatic rings. The van der Waals surface area contributed by atoms with Crippen LogP contribution in [0.4, 0.5) is 0 Å². The van der Waals surface area contributed by atoms with E-state index in [1.54, 1.807) is 7.11 Å². The van der Waals surface area contributed by atoms with Gasteiger partial charge in [-0.15, -0.1) is 0 Å². The topological polar surface area (TPSA) is 30.5 Å². The molecule has 0 fully saturated rings. The standard InChI is InChI=1S/C15H22ClNO2/c1-5-6-17-9-12-7-13(16)15(14(8-12)18-4)19-10-11(2)3/h7-8,17H,2,5-6,9-10H2,1,3-4H3. The van der Waals surface area contributed by atoms with Gasteiger partial charge in [0.2, 0.25) is 0 Å². The highest BCUT2D eigenvalue weighted by Crippen LogP contribution is 2.36. The zero-order chi connectivity index (χ0) is 14.3. The van der Waals surface area contributed by atoms with E-state index in [1.807, 2.05) is 19.1 Å². The van der Waals surface area contributed by atoms with Gasteiger partial charge in [-0.05, 0) is 43.2 Å². The molecule has 0 aliphatic rings. The molecule has 3 nitrogen and oxygen atoms in total. The van der Waals surface area contributed by atoms with Crippen LogP contribution in [0.2, 0.25) is 5.02 Å². The van der Waals surface area contributed by atoms with Gasteiger partial charge in [-0.1, -0.05) is 25.1 Å². The Hall–Kier alpha value is -1.19. The van der Waals surface area contributed by atoms with E-state index >= 15 is 0 Å². The molecule has 0 aliphatic carbocycles. The second-order valence-corrected chi connectivity index (χ2v) is 4.94. The van der Waals surface area contributed by atoms with Crippen molar-refractivity contribution in [2.24, 2.45) is 0 Å². The highest BCUT2D eigenvalue weighted by atomic mass is 35.5. The number of benzene rings is 1. The highest BCUT2D eigenvalue weighted by molar-refractivity contribution is 6.32. The van der Waals surface area contributed by atoms with E-state index in [1.165, 1.54) is 0 Å². The molecule has 0 saturated heterocycles. The summed E-state index contributed by atoms with van der Waals surface area (Å²) >= 11 is 6.25. The van der Waals surface area contributed by atoms with E-state index in [0.717, 1.165) is 30.6 Å². The van der Waals surface area contributed by atoms with E-state index in [4.69, 9.17) is 21.1 Å². The van der Waals surface area contributed by atoms with E-state index in [2.05, 4.69) is 18.8 Å². The molecule has 4 heteroatoms. The molecule has 106 valence electrons. The van der Waals surface area contributed by atoms with Gasteiger partial charge in [-0.25, -0.2) is 0 Å². The zero-order valence-corrected chi connectivity index (χ0v) is 12.6. The molecule has 0 amide bonds. The maximum Gasteiger partial charge on any atom is 0.180 e. The fourth-order valence-corrected chi connectivity index (χ4v) is 1.91. The third kappa shape index (κ3) is 5.13. The lowest BCUT2D eigenvalue weighted by molar-refractivity contribution is 0.319. The zero-order valence-electron chi connectivity index (χ0n) is 11.9. The molecule has 1 rings (SSSR count). The second-order valence-electron chi connectivity index (χ2n) is 4.53. The van der Waals surface area contributed by atoms with Crippen LogP contribution in [-0.2, 0) is 6.54 Å². The summed E-state index contributed by atoms with van der Waals surface area (Å²) in [6, 6.07) is 3.85. The summed E-state index contributed by atoms with van der Waals surface area (Å²) in [6.07, 6.45) is 1.10. The van der Waals surface area contributed by atoms with Gasteiger partial charge in [0.1, 0.15) is 6.61 Å². The molecule has 0 saturated carbocycles. The van der Waals surface area contributed by atoms with Gasteiger partial charge in [0.15, 0.2) is 11.5 Å². The Morgan fingerprint density at radius 3 is 2.74 bits per heavy atom. The van der Waals surface area contributed by atoms with E-state index in [-0.39, 0.29) is 0 Å². The maximum atomic E-state index is 6.25. The van der Waals surface area contributed by atoms with Crippen molar-refractivity contribution < 1.29 is 9.47 Å². The number of rotatable bonds is 8. The number of methoxy groups -OCH3 is 1. The fraction of sp³-hybridized carbons (Fsp3) is 0.467. The van der Waals surface area contributed by atoms with Crippen LogP contribution in [0, 0.1) is 0 Å². The average molecular weight is 284 g/mol. The fourth-order valence-electron chi connectivity index (χ4n) is 1.62. The van der Waals surface area contributed by atoms with E-state index in [0.29, 0.717) is 23.1 Å². The Labute approximate surface area is 120 Å². The molecular weight excluding hydrogens is 262 g/mol. The van der Waals surface area contributed by atoms with Crippen LogP contribution in [0.1, 0.15) is 25.8 Å². The molecular formula is C15H22ClNO2. The lowest BCUT2D eigenvalue weighted by Crippen LogP contribution is -2.14. The minimum Gasteiger partial charge on any atom is -0.493 e. The first-order chi connectivity index (χ1) is 9.08. The van der Waals surface area contributed by atoms with Crippen LogP contribution >= 0.6 is 11.6 Å². The molecule has 1 aromatic carbocycles. The van der Waals surface area contributed by atoms with Crippen molar-refractivity contribution in [2.45, 2.75) is 26.8 Å². The summed E-state index contributed by atoms with van der Waals surface area (Å²) in [6.45, 7) is 10.0. The van der Waals surface area contributed by atoms with Crippen molar-refractivity contribution in [1.29, 1.82) is 0 Å². The lowest BCUT2D eigenvalue weighted by atomic mass is 10.2. The third-order valence-electron chi connectivity index (χ3n) is 2.51. The van der Waals surface area contributed by atoms with Crippen LogP contribution in [-0.4, -0.2) is 20.3 Å². The van der Waals surface area contributed by atoms with E-state index in [9.17, 15) is 0 Å². The minimum atomic E-state index is 0.434. The van der Waals surface area contributed by atoms with Crippen LogP contribution in [0.25, 0.3) is 0 Å². The van der Waals surface area contributed by atoms with Crippen molar-refractivity contribution in [2.75, 3.05) is 20.3 Å². The first-order valence-electron chi connectivity index (χ1n) is 6.42. The summed E-state index contributed by atoms with van der Waals surface area (Å²) in [5.41, 5.74) is 2.02. The molecule has 19 heavy (non-hydrogen) atoms. The van der Waals surface area contributed by atoms with Gasteiger partial charge >= 0.3 is 0 Å². The summed E-state index contributed by atoms with van der Waals surface area (Å²) in [5, 5.41) is 3.89. The van der Waals surface area contributed by atoms with Crippen LogP contribution < -0.4 is 14.8 Å². The summed E-state index contributed by atoms with van der Waals surface area (Å²) in [4.78, 5) is 0. The number of hydrogen-bond acceptors (Lipinski definition) is 3. The van der Waals surface area contributed by atoms with Crippen molar-refractivity contribution in [1.82, 2.24) is 5.32 Å². The number of hydrogen-bond donors (Lipinski definition) is 1. The molecule has 0 heterocycles. The third-order valence-corrected chi connectivity index (χ3v) is 2.79. The van der Waals surface area contributed by atoms with Crippen LogP contribution in [0.3, 0.4) is 0 Å². The molecule has 0 radical (unpaired) electrons. The lowest BCUT2D eigenvalue weighted by Gasteiger charge is -2.14. The Morgan fingerprint density at radius 1 is 1.42 bits per heavy atom. The average Bonchev–Trinajstić information content (AvgIpc) is 2.37. The molecule has 0 unspecified atom stereocenters. The maximum absolute atomic E-state index is 6.25. The SMILES string of the molecule is C=C(C)COc1c(Cl)cc(CNCCC)cc1OC. The molecule has 0 spiro atoms. The second kappa shape index (κ2) is 8.08. The molecule has 0 bridgehead atoms. The van der Waals surface area contributed by atoms with Gasteiger partial charge in [0.25, 0.3) is 0 Å². The van der Waals surface area contributed by atoms with Crippen molar-refractivity contribution in [3.8, 4) is 11.5 Å². The van der Waals surface area contributed by atoms with Gasteiger partial charge in [0.05, 0.1) is 12.1 Å². The Balaban J connectivity index is 2.84. The molecule has 1 N–H and O–H groups in total. The molecule has 0 aliphatic heterocycles. The highest BCUT2D eigenvalue weighted by Gasteiger charge is 2.12. The smallest absolute Gasteiger partial charge is 0.180 e. The van der Waals surface area contributed by atoms with Gasteiger partial charge in [0, 0.05) is 6.54 Å². The Morgan fingerprint density at radius 2 is 2.16 bits per heavy atom. The predicted molar refractivity (Wildman–Crippen MR) is 80.3 cm³/mol. The molecule has 0 atom stereocenters. The number of nitrogens with one attached hydrogen (secondary N) is 1. The monoisotopic (exact) mass is 283 g/mol. The molecule has 0 aromatic heterocycles. The van der Waals surface area contributed by atoms with Crippen molar-refractivity contribution in [3.63, 3.8) is 0 Å². The summed E-state index contributed by atoms with van der Waals surface area (Å²) < 4.78 is 11.0. The van der Waals surface area contributed by atoms with Gasteiger partial charge < -0.3 is 14.8 Å². The normalized spacial score (nSPS) is 10.3. The number of ether oxygens (including phenoxy) is 2. The van der Waals surface area contributed by atoms with Crippen LogP contribution in [0.15, 0.2) is 24.3 Å². The quantitative estimate of drug-likeness (QED) is 0.581. The van der Waals surface area contributed by atoms with Gasteiger partial charge in [-0.2, -0.15) is 0 Å². The minimum absolute atomic E-state index is 0.434. The van der Waals surface area contributed by atoms with Crippen molar-refractivity contribution >= 4 is 11.6 Å². The van der Waals surface area contributed by atoms with Crippen molar-refractivity contribution in [3.05, 3.63) is 34.9 Å². The van der Waals surface area contributed by atoms with Crippen LogP contribution in [0.5, 0.6) is 11.5 Å². The first kappa shape index (κ1) is 15.9. The Bertz CT molecular complexity index is 432. The van der Waals surface area contributed by atoms with E-state index < -0.39 is 0 Å². The van der Waals surface area contributed by atoms with Gasteiger partial charge in [-0.3, -0.25) is 0 Å². The Kier molecular flexibility index (Phi) is 6.74. The largest absolute Gasteiger partial charge is 0.493 e. The first-order valence-corrected chi connectivity index (χ1v) is 6.80. The summed E-state index contributed by atoms with van der Waals surface area (Å²) in [5.74, 6) is 1.23. The predicted octanol–water partition coefficient (Wildman–Crippen LogP) is 3.80. The number of halogens is 1.